The van der Waals surface area contributed by atoms with Gasteiger partial charge < -0.3 is 0 Å². The van der Waals surface area contributed by atoms with Gasteiger partial charge in [-0.25, -0.2) is 0 Å². The molecule has 0 aromatic carbocycles. The Kier molecular flexibility index (Phi) is 5.04. The van der Waals surface area contributed by atoms with Crippen molar-refractivity contribution >= 4 is 28.7 Å². The third-order valence-electron chi connectivity index (χ3n) is 3.67. The zero-order chi connectivity index (χ0) is 14.0. The largest absolute Gasteiger partial charge is 0.291 e. The summed E-state index contributed by atoms with van der Waals surface area (Å²) in [6.45, 7) is 7.52. The maximum absolute atomic E-state index is 12.5. The quantitative estimate of drug-likeness (QED) is 0.692. The number of carbonyl (C=O) groups excluding carboxylic acids is 1. The molecule has 1 aromatic heterocycles. The van der Waals surface area contributed by atoms with Crippen LogP contribution >= 0.6 is 22.9 Å². The fourth-order valence-electron chi connectivity index (χ4n) is 2.31. The van der Waals surface area contributed by atoms with Gasteiger partial charge in [0.05, 0.1) is 15.3 Å². The van der Waals surface area contributed by atoms with Gasteiger partial charge in [-0.15, -0.1) is 11.3 Å². The van der Waals surface area contributed by atoms with Crippen molar-refractivity contribution in [2.45, 2.75) is 52.1 Å². The van der Waals surface area contributed by atoms with Crippen molar-refractivity contribution in [3.63, 3.8) is 0 Å². The number of ketones is 1. The molecular formula is C15H22ClNOS. The predicted molar refractivity (Wildman–Crippen MR) is 82.3 cm³/mol. The average molecular weight is 300 g/mol. The number of halogens is 1. The molecule has 2 rings (SSSR count). The Morgan fingerprint density at radius 3 is 2.58 bits per heavy atom. The molecule has 0 amide bonds. The predicted octanol–water partition coefficient (Wildman–Crippen LogP) is 4.48. The van der Waals surface area contributed by atoms with E-state index in [0.29, 0.717) is 16.3 Å². The van der Waals surface area contributed by atoms with E-state index >= 15 is 0 Å². The molecule has 1 aliphatic rings. The van der Waals surface area contributed by atoms with Crippen molar-refractivity contribution in [1.82, 2.24) is 4.90 Å². The van der Waals surface area contributed by atoms with E-state index in [-0.39, 0.29) is 11.8 Å². The van der Waals surface area contributed by atoms with Crippen LogP contribution in [0.3, 0.4) is 0 Å². The fraction of sp³-hybridized carbons (Fsp3) is 0.667. The van der Waals surface area contributed by atoms with E-state index in [4.69, 9.17) is 11.6 Å². The molecule has 1 atom stereocenters. The van der Waals surface area contributed by atoms with E-state index in [0.717, 1.165) is 17.8 Å². The van der Waals surface area contributed by atoms with Crippen LogP contribution in [-0.2, 0) is 0 Å². The number of rotatable bonds is 7. The molecule has 0 N–H and O–H groups in total. The molecule has 1 unspecified atom stereocenters. The van der Waals surface area contributed by atoms with Crippen LogP contribution in [-0.4, -0.2) is 29.3 Å². The smallest absolute Gasteiger partial charge is 0.189 e. The Balaban J connectivity index is 2.02. The van der Waals surface area contributed by atoms with E-state index in [1.807, 2.05) is 19.1 Å². The molecule has 0 bridgehead atoms. The van der Waals surface area contributed by atoms with Crippen LogP contribution in [0.5, 0.6) is 0 Å². The van der Waals surface area contributed by atoms with Crippen LogP contribution in [0.1, 0.15) is 49.7 Å². The molecule has 0 radical (unpaired) electrons. The Hall–Kier alpha value is -0.380. The lowest BCUT2D eigenvalue weighted by atomic mass is 10.1. The van der Waals surface area contributed by atoms with Crippen LogP contribution in [0.4, 0.5) is 0 Å². The van der Waals surface area contributed by atoms with Crippen molar-refractivity contribution in [3.05, 3.63) is 21.3 Å². The van der Waals surface area contributed by atoms with E-state index in [2.05, 4.69) is 18.7 Å². The summed E-state index contributed by atoms with van der Waals surface area (Å²) < 4.78 is 0.690. The molecule has 106 valence electrons. The number of hydrogen-bond acceptors (Lipinski definition) is 3. The molecule has 4 heteroatoms. The van der Waals surface area contributed by atoms with Gasteiger partial charge >= 0.3 is 0 Å². The molecule has 0 spiro atoms. The summed E-state index contributed by atoms with van der Waals surface area (Å²) in [6, 6.07) is 4.25. The third kappa shape index (κ3) is 4.04. The van der Waals surface area contributed by atoms with Gasteiger partial charge in [0.2, 0.25) is 0 Å². The van der Waals surface area contributed by atoms with Crippen molar-refractivity contribution in [1.29, 1.82) is 0 Å². The number of hydrogen-bond donors (Lipinski definition) is 0. The van der Waals surface area contributed by atoms with Crippen LogP contribution < -0.4 is 0 Å². The first kappa shape index (κ1) is 15.0. The van der Waals surface area contributed by atoms with E-state index < -0.39 is 0 Å². The van der Waals surface area contributed by atoms with E-state index in [1.165, 1.54) is 24.2 Å². The van der Waals surface area contributed by atoms with Gasteiger partial charge in [-0.3, -0.25) is 9.69 Å². The summed E-state index contributed by atoms with van der Waals surface area (Å²) in [7, 11) is 0. The Morgan fingerprint density at radius 2 is 2.11 bits per heavy atom. The third-order valence-corrected chi connectivity index (χ3v) is 4.92. The van der Waals surface area contributed by atoms with Crippen molar-refractivity contribution in [2.24, 2.45) is 5.92 Å². The maximum Gasteiger partial charge on any atom is 0.189 e. The molecule has 0 aliphatic heterocycles. The van der Waals surface area contributed by atoms with Gasteiger partial charge in [-0.1, -0.05) is 25.4 Å². The van der Waals surface area contributed by atoms with Crippen molar-refractivity contribution in [2.75, 3.05) is 6.54 Å². The van der Waals surface area contributed by atoms with Gasteiger partial charge in [0, 0.05) is 6.04 Å². The summed E-state index contributed by atoms with van der Waals surface area (Å²) in [5, 5.41) is 0. The minimum Gasteiger partial charge on any atom is -0.291 e. The minimum atomic E-state index is -0.0269. The molecule has 1 fully saturated rings. The summed E-state index contributed by atoms with van der Waals surface area (Å²) in [5.41, 5.74) is 0. The lowest BCUT2D eigenvalue weighted by molar-refractivity contribution is 0.0823. The molecule has 1 heterocycles. The van der Waals surface area contributed by atoms with E-state index in [9.17, 15) is 4.79 Å². The molecule has 2 nitrogen and oxygen atoms in total. The maximum atomic E-state index is 12.5. The number of nitrogens with zero attached hydrogens (tertiary/aromatic N) is 1. The van der Waals surface area contributed by atoms with Crippen LogP contribution in [0.25, 0.3) is 0 Å². The summed E-state index contributed by atoms with van der Waals surface area (Å²) in [4.78, 5) is 15.7. The Morgan fingerprint density at radius 1 is 1.42 bits per heavy atom. The highest BCUT2D eigenvalue weighted by Crippen LogP contribution is 2.31. The summed E-state index contributed by atoms with van der Waals surface area (Å²) in [5.74, 6) is 0.896. The van der Waals surface area contributed by atoms with Crippen molar-refractivity contribution in [3.8, 4) is 0 Å². The standard InChI is InChI=1S/C15H22ClNOS/c1-10(2)8-9-17(12-4-5-12)11(3)15(18)13-6-7-14(16)19-13/h6-7,10-12H,4-5,8-9H2,1-3H3. The summed E-state index contributed by atoms with van der Waals surface area (Å²) >= 11 is 7.31. The van der Waals surface area contributed by atoms with Crippen molar-refractivity contribution < 1.29 is 4.79 Å². The highest BCUT2D eigenvalue weighted by atomic mass is 35.5. The minimum absolute atomic E-state index is 0.0269. The zero-order valence-electron chi connectivity index (χ0n) is 11.9. The van der Waals surface area contributed by atoms with Gasteiger partial charge in [-0.2, -0.15) is 0 Å². The molecule has 1 aromatic rings. The lowest BCUT2D eigenvalue weighted by Crippen LogP contribution is -2.41. The second-order valence-corrected chi connectivity index (χ2v) is 7.51. The van der Waals surface area contributed by atoms with Gasteiger partial charge in [0.1, 0.15) is 0 Å². The first-order chi connectivity index (χ1) is 8.99. The number of thiophene rings is 1. The topological polar surface area (TPSA) is 20.3 Å². The SMILES string of the molecule is CC(C)CCN(C1CC1)C(C)C(=O)c1ccc(Cl)s1. The second kappa shape index (κ2) is 6.38. The molecular weight excluding hydrogens is 278 g/mol. The molecule has 1 aliphatic carbocycles. The monoisotopic (exact) mass is 299 g/mol. The Bertz CT molecular complexity index is 439. The van der Waals surface area contributed by atoms with Crippen LogP contribution in [0, 0.1) is 5.92 Å². The Labute approximate surface area is 124 Å². The second-order valence-electron chi connectivity index (χ2n) is 5.80. The van der Waals surface area contributed by atoms with E-state index in [1.54, 1.807) is 0 Å². The first-order valence-corrected chi connectivity index (χ1v) is 8.23. The zero-order valence-corrected chi connectivity index (χ0v) is 13.4. The summed E-state index contributed by atoms with van der Waals surface area (Å²) in [6.07, 6.45) is 3.63. The average Bonchev–Trinajstić information content (AvgIpc) is 3.09. The highest BCUT2D eigenvalue weighted by molar-refractivity contribution is 7.18. The first-order valence-electron chi connectivity index (χ1n) is 7.04. The van der Waals surface area contributed by atoms with Crippen LogP contribution in [0.15, 0.2) is 12.1 Å². The lowest BCUT2D eigenvalue weighted by Gasteiger charge is -2.28. The number of carbonyl (C=O) groups is 1. The molecule has 19 heavy (non-hydrogen) atoms. The highest BCUT2D eigenvalue weighted by Gasteiger charge is 2.35. The van der Waals surface area contributed by atoms with Gasteiger partial charge in [-0.05, 0) is 50.8 Å². The molecule has 0 saturated heterocycles. The number of Topliss-reactive ketones (excluding diaryl/α,β-unsaturated/α-hetero) is 1. The fourth-order valence-corrected chi connectivity index (χ4v) is 3.37. The van der Waals surface area contributed by atoms with Gasteiger partial charge in [0.25, 0.3) is 0 Å². The van der Waals surface area contributed by atoms with Gasteiger partial charge in [0.15, 0.2) is 5.78 Å². The normalized spacial score (nSPS) is 17.2. The molecule has 1 saturated carbocycles. The van der Waals surface area contributed by atoms with Crippen LogP contribution in [0.2, 0.25) is 4.34 Å².